The standard InChI is InChI=1S/C12H17F3N2O4/c1-11(2,3)21-10(20)17-5-7(8(18)6-17)4-16-9(19)12(13,14)15/h7H,4-6H2,1-3H3,(H,16,19)/t7-/m1/s1. The van der Waals surface area contributed by atoms with E-state index in [1.54, 1.807) is 26.1 Å². The van der Waals surface area contributed by atoms with E-state index < -0.39 is 42.0 Å². The Labute approximate surface area is 119 Å². The maximum absolute atomic E-state index is 12.0. The number of alkyl halides is 3. The summed E-state index contributed by atoms with van der Waals surface area (Å²) in [5.74, 6) is -3.38. The van der Waals surface area contributed by atoms with Crippen molar-refractivity contribution in [2.24, 2.45) is 5.92 Å². The quantitative estimate of drug-likeness (QED) is 0.829. The molecule has 1 rings (SSSR count). The molecule has 0 aromatic carbocycles. The number of hydrogen-bond acceptors (Lipinski definition) is 4. The van der Waals surface area contributed by atoms with Crippen LogP contribution in [-0.4, -0.2) is 54.1 Å². The zero-order chi connectivity index (χ0) is 16.4. The first-order valence-electron chi connectivity index (χ1n) is 6.26. The van der Waals surface area contributed by atoms with Gasteiger partial charge in [0.25, 0.3) is 0 Å². The maximum atomic E-state index is 12.0. The number of nitrogens with one attached hydrogen (secondary N) is 1. The molecule has 9 heteroatoms. The zero-order valence-electron chi connectivity index (χ0n) is 11.9. The Hall–Kier alpha value is -1.80. The summed E-state index contributed by atoms with van der Waals surface area (Å²) in [4.78, 5) is 35.2. The van der Waals surface area contributed by atoms with Gasteiger partial charge in [-0.05, 0) is 20.8 Å². The monoisotopic (exact) mass is 310 g/mol. The van der Waals surface area contributed by atoms with E-state index >= 15 is 0 Å². The number of carbonyl (C=O) groups is 3. The van der Waals surface area contributed by atoms with Gasteiger partial charge in [-0.15, -0.1) is 0 Å². The number of Topliss-reactive ketones (excluding diaryl/α,β-unsaturated/α-hetero) is 1. The van der Waals surface area contributed by atoms with Gasteiger partial charge in [0.2, 0.25) is 0 Å². The normalized spacial score (nSPS) is 19.6. The van der Waals surface area contributed by atoms with E-state index in [-0.39, 0.29) is 13.1 Å². The lowest BCUT2D eigenvalue weighted by atomic mass is 10.1. The highest BCUT2D eigenvalue weighted by Crippen LogP contribution is 2.18. The van der Waals surface area contributed by atoms with Crippen molar-refractivity contribution in [3.05, 3.63) is 0 Å². The predicted molar refractivity (Wildman–Crippen MR) is 65.4 cm³/mol. The van der Waals surface area contributed by atoms with Crippen LogP contribution in [0, 0.1) is 5.92 Å². The fourth-order valence-corrected chi connectivity index (χ4v) is 1.71. The smallest absolute Gasteiger partial charge is 0.444 e. The van der Waals surface area contributed by atoms with Crippen LogP contribution in [-0.2, 0) is 14.3 Å². The van der Waals surface area contributed by atoms with Crippen LogP contribution in [0.15, 0.2) is 0 Å². The number of ether oxygens (including phenoxy) is 1. The van der Waals surface area contributed by atoms with Crippen LogP contribution in [0.2, 0.25) is 0 Å². The number of carbonyl (C=O) groups excluding carboxylic acids is 3. The molecule has 6 nitrogen and oxygen atoms in total. The van der Waals surface area contributed by atoms with Crippen molar-refractivity contribution in [2.75, 3.05) is 19.6 Å². The van der Waals surface area contributed by atoms with E-state index in [4.69, 9.17) is 4.74 Å². The second-order valence-electron chi connectivity index (χ2n) is 5.73. The molecule has 1 heterocycles. The minimum absolute atomic E-state index is 0.0775. The SMILES string of the molecule is CC(C)(C)OC(=O)N1CC(=O)[C@H](CNC(=O)C(F)(F)F)C1. The first-order chi connectivity index (χ1) is 9.40. The third-order valence-electron chi connectivity index (χ3n) is 2.66. The van der Waals surface area contributed by atoms with Gasteiger partial charge in [-0.1, -0.05) is 0 Å². The minimum Gasteiger partial charge on any atom is -0.444 e. The molecule has 0 saturated carbocycles. The number of likely N-dealkylation sites (tertiary alicyclic amines) is 1. The molecule has 1 aliphatic rings. The molecule has 0 bridgehead atoms. The van der Waals surface area contributed by atoms with E-state index in [1.807, 2.05) is 0 Å². The molecule has 1 aliphatic heterocycles. The first-order valence-corrected chi connectivity index (χ1v) is 6.26. The largest absolute Gasteiger partial charge is 0.471 e. The lowest BCUT2D eigenvalue weighted by Crippen LogP contribution is -2.41. The van der Waals surface area contributed by atoms with Gasteiger partial charge in [-0.3, -0.25) is 9.59 Å². The van der Waals surface area contributed by atoms with Crippen molar-refractivity contribution < 1.29 is 32.3 Å². The number of halogens is 3. The lowest BCUT2D eigenvalue weighted by Gasteiger charge is -2.24. The Morgan fingerprint density at radius 3 is 2.38 bits per heavy atom. The molecule has 0 radical (unpaired) electrons. The molecule has 0 aromatic rings. The maximum Gasteiger partial charge on any atom is 0.471 e. The second kappa shape index (κ2) is 5.90. The van der Waals surface area contributed by atoms with Crippen LogP contribution in [0.5, 0.6) is 0 Å². The first kappa shape index (κ1) is 17.3. The Kier molecular flexibility index (Phi) is 4.85. The summed E-state index contributed by atoms with van der Waals surface area (Å²) in [6.45, 7) is 4.20. The van der Waals surface area contributed by atoms with Crippen molar-refractivity contribution in [2.45, 2.75) is 32.5 Å². The average Bonchev–Trinajstić information content (AvgIpc) is 2.64. The van der Waals surface area contributed by atoms with Crippen molar-refractivity contribution in [1.29, 1.82) is 0 Å². The summed E-state index contributed by atoms with van der Waals surface area (Å²) in [6, 6.07) is 0. The predicted octanol–water partition coefficient (Wildman–Crippen LogP) is 1.10. The van der Waals surface area contributed by atoms with Crippen LogP contribution in [0.1, 0.15) is 20.8 Å². The highest BCUT2D eigenvalue weighted by molar-refractivity contribution is 5.90. The Balaban J connectivity index is 2.52. The number of rotatable bonds is 2. The third kappa shape index (κ3) is 5.24. The molecule has 2 amide bonds. The topological polar surface area (TPSA) is 75.7 Å². The van der Waals surface area contributed by atoms with Crippen molar-refractivity contribution >= 4 is 17.8 Å². The van der Waals surface area contributed by atoms with Gasteiger partial charge < -0.3 is 15.0 Å². The van der Waals surface area contributed by atoms with E-state index in [2.05, 4.69) is 0 Å². The van der Waals surface area contributed by atoms with Crippen molar-refractivity contribution in [3.8, 4) is 0 Å². The summed E-state index contributed by atoms with van der Waals surface area (Å²) < 4.78 is 41.2. The van der Waals surface area contributed by atoms with Gasteiger partial charge in [0.15, 0.2) is 5.78 Å². The Morgan fingerprint density at radius 1 is 1.33 bits per heavy atom. The van der Waals surface area contributed by atoms with Crippen LogP contribution in [0.3, 0.4) is 0 Å². The highest BCUT2D eigenvalue weighted by atomic mass is 19.4. The van der Waals surface area contributed by atoms with E-state index in [9.17, 15) is 27.6 Å². The number of amides is 2. The highest BCUT2D eigenvalue weighted by Gasteiger charge is 2.41. The molecule has 1 N–H and O–H groups in total. The van der Waals surface area contributed by atoms with Gasteiger partial charge in [0, 0.05) is 13.1 Å². The molecule has 0 aliphatic carbocycles. The molecule has 1 atom stereocenters. The molecular weight excluding hydrogens is 293 g/mol. The van der Waals surface area contributed by atoms with Crippen LogP contribution in [0.4, 0.5) is 18.0 Å². The molecule has 1 fully saturated rings. The summed E-state index contributed by atoms with van der Waals surface area (Å²) in [6.07, 6.45) is -5.70. The molecule has 0 unspecified atom stereocenters. The van der Waals surface area contributed by atoms with E-state index in [0.29, 0.717) is 0 Å². The molecule has 0 aromatic heterocycles. The number of hydrogen-bond donors (Lipinski definition) is 1. The third-order valence-corrected chi connectivity index (χ3v) is 2.66. The molecule has 21 heavy (non-hydrogen) atoms. The van der Waals surface area contributed by atoms with E-state index in [0.717, 1.165) is 4.90 Å². The summed E-state index contributed by atoms with van der Waals surface area (Å²) in [7, 11) is 0. The fourth-order valence-electron chi connectivity index (χ4n) is 1.71. The van der Waals surface area contributed by atoms with Crippen molar-refractivity contribution in [1.82, 2.24) is 10.2 Å². The molecule has 0 spiro atoms. The Bertz CT molecular complexity index is 443. The van der Waals surface area contributed by atoms with Gasteiger partial charge >= 0.3 is 18.2 Å². The van der Waals surface area contributed by atoms with E-state index in [1.165, 1.54) is 0 Å². The minimum atomic E-state index is -4.99. The molecular formula is C12H17F3N2O4. The Morgan fingerprint density at radius 2 is 1.90 bits per heavy atom. The van der Waals surface area contributed by atoms with Crippen LogP contribution >= 0.6 is 0 Å². The van der Waals surface area contributed by atoms with Crippen LogP contribution < -0.4 is 5.32 Å². The van der Waals surface area contributed by atoms with Crippen LogP contribution in [0.25, 0.3) is 0 Å². The van der Waals surface area contributed by atoms with Gasteiger partial charge in [-0.25, -0.2) is 4.79 Å². The summed E-state index contributed by atoms with van der Waals surface area (Å²) >= 11 is 0. The van der Waals surface area contributed by atoms with Gasteiger partial charge in [0.1, 0.15) is 5.60 Å². The summed E-state index contributed by atoms with van der Waals surface area (Å²) in [5.41, 5.74) is -0.733. The number of ketones is 1. The van der Waals surface area contributed by atoms with Crippen molar-refractivity contribution in [3.63, 3.8) is 0 Å². The number of nitrogens with zero attached hydrogens (tertiary/aromatic N) is 1. The lowest BCUT2D eigenvalue weighted by molar-refractivity contribution is -0.173. The zero-order valence-corrected chi connectivity index (χ0v) is 11.9. The average molecular weight is 310 g/mol. The molecule has 1 saturated heterocycles. The summed E-state index contributed by atoms with van der Waals surface area (Å²) in [5, 5.41) is 1.64. The second-order valence-corrected chi connectivity index (χ2v) is 5.73. The molecule has 120 valence electrons. The van der Waals surface area contributed by atoms with Gasteiger partial charge in [-0.2, -0.15) is 13.2 Å². The van der Waals surface area contributed by atoms with Gasteiger partial charge in [0.05, 0.1) is 12.5 Å². The fraction of sp³-hybridized carbons (Fsp3) is 0.750.